The monoisotopic (exact) mass is 348 g/mol. The van der Waals surface area contributed by atoms with Crippen molar-refractivity contribution >= 4 is 40.7 Å². The lowest BCUT2D eigenvalue weighted by Crippen LogP contribution is -2.43. The van der Waals surface area contributed by atoms with E-state index in [9.17, 15) is 9.59 Å². The molecule has 122 valence electrons. The average Bonchev–Trinajstić information content (AvgIpc) is 2.50. The first-order valence-corrected chi connectivity index (χ1v) is 7.28. The van der Waals surface area contributed by atoms with Gasteiger partial charge in [0.15, 0.2) is 0 Å². The molecule has 0 aliphatic heterocycles. The van der Waals surface area contributed by atoms with E-state index in [-0.39, 0.29) is 18.8 Å². The number of benzene rings is 1. The molecule has 6 nitrogen and oxygen atoms in total. The summed E-state index contributed by atoms with van der Waals surface area (Å²) >= 11 is 11.8. The molecule has 1 N–H and O–H groups in total. The number of nitrogens with zero attached hydrogens (tertiary/aromatic N) is 1. The molecule has 0 saturated carbocycles. The molecule has 0 unspecified atom stereocenters. The molecule has 0 fully saturated rings. The summed E-state index contributed by atoms with van der Waals surface area (Å²) in [4.78, 5) is 25.6. The number of anilines is 1. The lowest BCUT2D eigenvalue weighted by molar-refractivity contribution is -0.144. The van der Waals surface area contributed by atoms with Gasteiger partial charge in [-0.25, -0.2) is 0 Å². The van der Waals surface area contributed by atoms with Crippen LogP contribution in [0.5, 0.6) is 0 Å². The number of methoxy groups -OCH3 is 2. The lowest BCUT2D eigenvalue weighted by atomic mass is 10.3. The van der Waals surface area contributed by atoms with Crippen LogP contribution in [0.3, 0.4) is 0 Å². The SMILES string of the molecule is COCCN(CCOC)C(=O)C(=O)Nc1cc(Cl)ccc1Cl. The molecule has 0 aliphatic rings. The summed E-state index contributed by atoms with van der Waals surface area (Å²) in [6, 6.07) is 4.60. The highest BCUT2D eigenvalue weighted by atomic mass is 35.5. The summed E-state index contributed by atoms with van der Waals surface area (Å²) in [6.07, 6.45) is 0. The Hall–Kier alpha value is -1.34. The van der Waals surface area contributed by atoms with Crippen LogP contribution in [0.2, 0.25) is 10.0 Å². The summed E-state index contributed by atoms with van der Waals surface area (Å²) in [7, 11) is 3.04. The van der Waals surface area contributed by atoms with Gasteiger partial charge in [-0.2, -0.15) is 0 Å². The molecular formula is C14H18Cl2N2O4. The third kappa shape index (κ3) is 5.81. The van der Waals surface area contributed by atoms with Crippen LogP contribution in [0.25, 0.3) is 0 Å². The molecular weight excluding hydrogens is 331 g/mol. The Morgan fingerprint density at radius 1 is 1.14 bits per heavy atom. The zero-order chi connectivity index (χ0) is 16.5. The fourth-order valence-electron chi connectivity index (χ4n) is 1.63. The Morgan fingerprint density at radius 3 is 2.27 bits per heavy atom. The summed E-state index contributed by atoms with van der Waals surface area (Å²) in [5.74, 6) is -1.48. The predicted molar refractivity (Wildman–Crippen MR) is 85.4 cm³/mol. The molecule has 0 aromatic heterocycles. The summed E-state index contributed by atoms with van der Waals surface area (Å²) in [5.41, 5.74) is 0.283. The maximum Gasteiger partial charge on any atom is 0.313 e. The summed E-state index contributed by atoms with van der Waals surface area (Å²) in [6.45, 7) is 1.21. The van der Waals surface area contributed by atoms with E-state index >= 15 is 0 Å². The quantitative estimate of drug-likeness (QED) is 0.765. The van der Waals surface area contributed by atoms with Crippen LogP contribution in [0, 0.1) is 0 Å². The van der Waals surface area contributed by atoms with E-state index in [1.807, 2.05) is 0 Å². The number of amides is 2. The van der Waals surface area contributed by atoms with Crippen LogP contribution >= 0.6 is 23.2 Å². The van der Waals surface area contributed by atoms with Gasteiger partial charge in [-0.05, 0) is 18.2 Å². The number of nitrogens with one attached hydrogen (secondary N) is 1. The first-order valence-electron chi connectivity index (χ1n) is 6.52. The van der Waals surface area contributed by atoms with Gasteiger partial charge in [0.05, 0.1) is 23.9 Å². The van der Waals surface area contributed by atoms with E-state index in [0.29, 0.717) is 23.3 Å². The minimum atomic E-state index is -0.795. The second kappa shape index (κ2) is 9.63. The van der Waals surface area contributed by atoms with Gasteiger partial charge in [0.25, 0.3) is 0 Å². The van der Waals surface area contributed by atoms with Crippen LogP contribution in [0.1, 0.15) is 0 Å². The molecule has 1 aromatic carbocycles. The number of ether oxygens (including phenoxy) is 2. The van der Waals surface area contributed by atoms with Crippen molar-refractivity contribution in [1.29, 1.82) is 0 Å². The Morgan fingerprint density at radius 2 is 1.73 bits per heavy atom. The Balaban J connectivity index is 2.75. The largest absolute Gasteiger partial charge is 0.383 e. The van der Waals surface area contributed by atoms with E-state index in [4.69, 9.17) is 32.7 Å². The van der Waals surface area contributed by atoms with Gasteiger partial charge in [0.1, 0.15) is 0 Å². The standard InChI is InChI=1S/C14H18Cl2N2O4/c1-21-7-5-18(6-8-22-2)14(20)13(19)17-12-9-10(15)3-4-11(12)16/h3-4,9H,5-8H2,1-2H3,(H,17,19). The molecule has 0 saturated heterocycles. The minimum Gasteiger partial charge on any atom is -0.383 e. The van der Waals surface area contributed by atoms with E-state index in [2.05, 4.69) is 5.32 Å². The zero-order valence-corrected chi connectivity index (χ0v) is 13.9. The number of carbonyl (C=O) groups excluding carboxylic acids is 2. The van der Waals surface area contributed by atoms with E-state index in [1.165, 1.54) is 31.3 Å². The smallest absolute Gasteiger partial charge is 0.313 e. The highest BCUT2D eigenvalue weighted by molar-refractivity contribution is 6.42. The van der Waals surface area contributed by atoms with Gasteiger partial charge in [0, 0.05) is 32.3 Å². The Labute approximate surface area is 139 Å². The first-order chi connectivity index (χ1) is 10.5. The van der Waals surface area contributed by atoms with Gasteiger partial charge in [-0.3, -0.25) is 9.59 Å². The van der Waals surface area contributed by atoms with Crippen LogP contribution in [0.15, 0.2) is 18.2 Å². The number of hydrogen-bond acceptors (Lipinski definition) is 4. The lowest BCUT2D eigenvalue weighted by Gasteiger charge is -2.21. The van der Waals surface area contributed by atoms with Gasteiger partial charge in [-0.1, -0.05) is 23.2 Å². The normalized spacial score (nSPS) is 10.4. The molecule has 0 heterocycles. The van der Waals surface area contributed by atoms with E-state index in [1.54, 1.807) is 6.07 Å². The molecule has 0 spiro atoms. The van der Waals surface area contributed by atoms with Crippen LogP contribution in [-0.4, -0.2) is 57.2 Å². The number of carbonyl (C=O) groups is 2. The van der Waals surface area contributed by atoms with Gasteiger partial charge in [0.2, 0.25) is 0 Å². The first kappa shape index (κ1) is 18.7. The molecule has 8 heteroatoms. The molecule has 0 atom stereocenters. The summed E-state index contributed by atoms with van der Waals surface area (Å²) in [5, 5.41) is 3.16. The molecule has 1 rings (SSSR count). The third-order valence-corrected chi connectivity index (χ3v) is 3.35. The van der Waals surface area contributed by atoms with Crippen molar-refractivity contribution in [2.24, 2.45) is 0 Å². The van der Waals surface area contributed by atoms with Crippen molar-refractivity contribution in [3.05, 3.63) is 28.2 Å². The Bertz CT molecular complexity index is 518. The van der Waals surface area contributed by atoms with Crippen molar-refractivity contribution in [1.82, 2.24) is 4.90 Å². The number of halogens is 2. The topological polar surface area (TPSA) is 67.9 Å². The molecule has 1 aromatic rings. The van der Waals surface area contributed by atoms with Gasteiger partial charge >= 0.3 is 11.8 Å². The van der Waals surface area contributed by atoms with Gasteiger partial charge < -0.3 is 19.7 Å². The number of rotatable bonds is 7. The fourth-order valence-corrected chi connectivity index (χ4v) is 1.97. The molecule has 2 amide bonds. The fraction of sp³-hybridized carbons (Fsp3) is 0.429. The number of hydrogen-bond donors (Lipinski definition) is 1. The van der Waals surface area contributed by atoms with Gasteiger partial charge in [-0.15, -0.1) is 0 Å². The van der Waals surface area contributed by atoms with Crippen LogP contribution in [0.4, 0.5) is 5.69 Å². The van der Waals surface area contributed by atoms with Crippen molar-refractivity contribution in [3.8, 4) is 0 Å². The Kier molecular flexibility index (Phi) is 8.19. The second-order valence-corrected chi connectivity index (χ2v) is 5.20. The highest BCUT2D eigenvalue weighted by Crippen LogP contribution is 2.25. The predicted octanol–water partition coefficient (Wildman–Crippen LogP) is 2.05. The molecule has 0 aliphatic carbocycles. The van der Waals surface area contributed by atoms with E-state index in [0.717, 1.165) is 0 Å². The molecule has 0 bridgehead atoms. The second-order valence-electron chi connectivity index (χ2n) is 4.36. The van der Waals surface area contributed by atoms with Crippen molar-refractivity contribution in [2.45, 2.75) is 0 Å². The average molecular weight is 349 g/mol. The van der Waals surface area contributed by atoms with Crippen molar-refractivity contribution < 1.29 is 19.1 Å². The molecule has 22 heavy (non-hydrogen) atoms. The minimum absolute atomic E-state index is 0.283. The maximum absolute atomic E-state index is 12.2. The zero-order valence-electron chi connectivity index (χ0n) is 12.4. The van der Waals surface area contributed by atoms with Crippen LogP contribution in [-0.2, 0) is 19.1 Å². The van der Waals surface area contributed by atoms with Crippen molar-refractivity contribution in [3.63, 3.8) is 0 Å². The van der Waals surface area contributed by atoms with Crippen LogP contribution < -0.4 is 5.32 Å². The molecule has 0 radical (unpaired) electrons. The summed E-state index contributed by atoms with van der Waals surface area (Å²) < 4.78 is 9.86. The highest BCUT2D eigenvalue weighted by Gasteiger charge is 2.22. The maximum atomic E-state index is 12.2. The van der Waals surface area contributed by atoms with E-state index < -0.39 is 11.8 Å². The third-order valence-electron chi connectivity index (χ3n) is 2.79. The van der Waals surface area contributed by atoms with Crippen molar-refractivity contribution in [2.75, 3.05) is 45.8 Å².